The standard InChI is InChI=1S/C20H22N4O2/c1-4-18-22-17-8-6-5-7-16(17)20(26)24(18)13-19(25)21-14-9-11-15(12-10-14)23(2)3/h5-12H,4,13H2,1-3H3,(H,21,25). The number of hydrogen-bond donors (Lipinski definition) is 1. The van der Waals surface area contributed by atoms with Gasteiger partial charge in [-0.3, -0.25) is 14.2 Å². The highest BCUT2D eigenvalue weighted by Gasteiger charge is 2.13. The molecule has 0 aliphatic carbocycles. The van der Waals surface area contributed by atoms with Crippen molar-refractivity contribution in [2.24, 2.45) is 0 Å². The fraction of sp³-hybridized carbons (Fsp3) is 0.250. The first-order valence-electron chi connectivity index (χ1n) is 8.55. The fourth-order valence-electron chi connectivity index (χ4n) is 2.83. The van der Waals surface area contributed by atoms with Gasteiger partial charge in [0.1, 0.15) is 12.4 Å². The smallest absolute Gasteiger partial charge is 0.261 e. The minimum atomic E-state index is -0.253. The van der Waals surface area contributed by atoms with Crippen LogP contribution >= 0.6 is 0 Å². The van der Waals surface area contributed by atoms with Crippen molar-refractivity contribution in [3.8, 4) is 0 Å². The van der Waals surface area contributed by atoms with Crippen LogP contribution in [0.4, 0.5) is 11.4 Å². The van der Waals surface area contributed by atoms with Gasteiger partial charge in [0, 0.05) is 31.9 Å². The number of anilines is 2. The predicted molar refractivity (Wildman–Crippen MR) is 105 cm³/mol. The van der Waals surface area contributed by atoms with Crippen LogP contribution in [0.15, 0.2) is 53.3 Å². The van der Waals surface area contributed by atoms with Crippen molar-refractivity contribution in [3.63, 3.8) is 0 Å². The highest BCUT2D eigenvalue weighted by Crippen LogP contribution is 2.16. The van der Waals surface area contributed by atoms with E-state index in [1.54, 1.807) is 12.1 Å². The van der Waals surface area contributed by atoms with Crippen LogP contribution in [0.3, 0.4) is 0 Å². The number of rotatable bonds is 5. The summed E-state index contributed by atoms with van der Waals surface area (Å²) in [7, 11) is 3.91. The molecule has 1 amide bonds. The Kier molecular flexibility index (Phi) is 5.02. The molecule has 26 heavy (non-hydrogen) atoms. The minimum absolute atomic E-state index is 0.0602. The van der Waals surface area contributed by atoms with Gasteiger partial charge in [0.25, 0.3) is 5.56 Å². The SMILES string of the molecule is CCc1nc2ccccc2c(=O)n1CC(=O)Nc1ccc(N(C)C)cc1. The van der Waals surface area contributed by atoms with E-state index in [4.69, 9.17) is 0 Å². The number of nitrogens with one attached hydrogen (secondary N) is 1. The van der Waals surface area contributed by atoms with E-state index in [2.05, 4.69) is 10.3 Å². The Morgan fingerprint density at radius 3 is 2.46 bits per heavy atom. The summed E-state index contributed by atoms with van der Waals surface area (Å²) < 4.78 is 1.45. The summed E-state index contributed by atoms with van der Waals surface area (Å²) in [5.41, 5.74) is 2.21. The molecule has 1 N–H and O–H groups in total. The van der Waals surface area contributed by atoms with Crippen LogP contribution < -0.4 is 15.8 Å². The third kappa shape index (κ3) is 3.59. The van der Waals surface area contributed by atoms with Crippen LogP contribution in [-0.4, -0.2) is 29.6 Å². The van der Waals surface area contributed by atoms with Crippen LogP contribution in [0, 0.1) is 0 Å². The monoisotopic (exact) mass is 350 g/mol. The molecule has 0 unspecified atom stereocenters. The molecule has 2 aromatic carbocycles. The number of para-hydroxylation sites is 1. The van der Waals surface area contributed by atoms with Crippen molar-refractivity contribution < 1.29 is 4.79 Å². The molecule has 1 aromatic heterocycles. The zero-order valence-electron chi connectivity index (χ0n) is 15.2. The number of carbonyl (C=O) groups is 1. The van der Waals surface area contributed by atoms with Gasteiger partial charge in [-0.1, -0.05) is 19.1 Å². The van der Waals surface area contributed by atoms with Crippen LogP contribution in [0.25, 0.3) is 10.9 Å². The Morgan fingerprint density at radius 1 is 1.12 bits per heavy atom. The molecule has 3 rings (SSSR count). The molecule has 0 spiro atoms. The molecule has 6 heteroatoms. The Labute approximate surface area is 152 Å². The van der Waals surface area contributed by atoms with Crippen molar-refractivity contribution in [3.05, 3.63) is 64.7 Å². The Bertz CT molecular complexity index is 991. The zero-order chi connectivity index (χ0) is 18.7. The molecular formula is C20H22N4O2. The second-order valence-electron chi connectivity index (χ2n) is 6.28. The first kappa shape index (κ1) is 17.7. The van der Waals surface area contributed by atoms with Crippen LogP contribution in [0.2, 0.25) is 0 Å². The first-order valence-corrected chi connectivity index (χ1v) is 8.55. The second kappa shape index (κ2) is 7.39. The number of nitrogens with zero attached hydrogens (tertiary/aromatic N) is 3. The van der Waals surface area contributed by atoms with Crippen LogP contribution in [0.5, 0.6) is 0 Å². The van der Waals surface area contributed by atoms with Crippen LogP contribution in [0.1, 0.15) is 12.7 Å². The number of hydrogen-bond acceptors (Lipinski definition) is 4. The van der Waals surface area contributed by atoms with E-state index in [-0.39, 0.29) is 18.0 Å². The Hall–Kier alpha value is -3.15. The lowest BCUT2D eigenvalue weighted by molar-refractivity contribution is -0.116. The van der Waals surface area contributed by atoms with Gasteiger partial charge in [-0.25, -0.2) is 4.98 Å². The van der Waals surface area contributed by atoms with Gasteiger partial charge < -0.3 is 10.2 Å². The lowest BCUT2D eigenvalue weighted by atomic mass is 10.2. The molecule has 6 nitrogen and oxygen atoms in total. The summed E-state index contributed by atoms with van der Waals surface area (Å²) in [6.07, 6.45) is 0.574. The molecular weight excluding hydrogens is 328 g/mol. The van der Waals surface area contributed by atoms with Crippen molar-refractivity contribution in [2.45, 2.75) is 19.9 Å². The molecule has 3 aromatic rings. The number of benzene rings is 2. The molecule has 0 atom stereocenters. The average Bonchev–Trinajstić information content (AvgIpc) is 2.64. The van der Waals surface area contributed by atoms with Gasteiger partial charge in [0.05, 0.1) is 10.9 Å². The molecule has 0 bridgehead atoms. The van der Waals surface area contributed by atoms with E-state index in [1.165, 1.54) is 4.57 Å². The second-order valence-corrected chi connectivity index (χ2v) is 6.28. The topological polar surface area (TPSA) is 67.2 Å². The normalized spacial score (nSPS) is 10.7. The summed E-state index contributed by atoms with van der Waals surface area (Å²) in [5.74, 6) is 0.350. The fourth-order valence-corrected chi connectivity index (χ4v) is 2.83. The van der Waals surface area contributed by atoms with E-state index >= 15 is 0 Å². The van der Waals surface area contributed by atoms with Gasteiger partial charge in [-0.2, -0.15) is 0 Å². The highest BCUT2D eigenvalue weighted by atomic mass is 16.2. The van der Waals surface area contributed by atoms with E-state index in [0.717, 1.165) is 5.69 Å². The third-order valence-corrected chi connectivity index (χ3v) is 4.23. The van der Waals surface area contributed by atoms with E-state index < -0.39 is 0 Å². The molecule has 0 aliphatic rings. The molecule has 0 radical (unpaired) electrons. The molecule has 0 aliphatic heterocycles. The van der Waals surface area contributed by atoms with Crippen molar-refractivity contribution in [2.75, 3.05) is 24.3 Å². The maximum atomic E-state index is 12.8. The van der Waals surface area contributed by atoms with Gasteiger partial charge in [-0.15, -0.1) is 0 Å². The molecule has 0 fully saturated rings. The van der Waals surface area contributed by atoms with Gasteiger partial charge in [0.2, 0.25) is 5.91 Å². The van der Waals surface area contributed by atoms with E-state index in [1.807, 2.05) is 62.3 Å². The lowest BCUT2D eigenvalue weighted by Crippen LogP contribution is -2.31. The number of fused-ring (bicyclic) bond motifs is 1. The largest absolute Gasteiger partial charge is 0.378 e. The van der Waals surface area contributed by atoms with Crippen molar-refractivity contribution in [1.29, 1.82) is 0 Å². The van der Waals surface area contributed by atoms with Crippen molar-refractivity contribution in [1.82, 2.24) is 9.55 Å². The molecule has 0 saturated heterocycles. The Balaban J connectivity index is 1.85. The highest BCUT2D eigenvalue weighted by molar-refractivity contribution is 5.91. The van der Waals surface area contributed by atoms with Crippen molar-refractivity contribution >= 4 is 28.2 Å². The molecule has 0 saturated carbocycles. The average molecular weight is 350 g/mol. The minimum Gasteiger partial charge on any atom is -0.378 e. The van der Waals surface area contributed by atoms with Crippen LogP contribution in [-0.2, 0) is 17.8 Å². The number of aromatic nitrogens is 2. The summed E-state index contributed by atoms with van der Waals surface area (Å²) in [6, 6.07) is 14.7. The molecule has 134 valence electrons. The quantitative estimate of drug-likeness (QED) is 0.768. The summed E-state index contributed by atoms with van der Waals surface area (Å²) in [6.45, 7) is 1.86. The summed E-state index contributed by atoms with van der Waals surface area (Å²) in [4.78, 5) is 31.7. The third-order valence-electron chi connectivity index (χ3n) is 4.23. The summed E-state index contributed by atoms with van der Waals surface area (Å²) >= 11 is 0. The van der Waals surface area contributed by atoms with Gasteiger partial charge in [0.15, 0.2) is 0 Å². The summed E-state index contributed by atoms with van der Waals surface area (Å²) in [5, 5.41) is 3.36. The number of carbonyl (C=O) groups excluding carboxylic acids is 1. The maximum absolute atomic E-state index is 12.8. The number of amides is 1. The Morgan fingerprint density at radius 2 is 1.81 bits per heavy atom. The first-order chi connectivity index (χ1) is 12.5. The predicted octanol–water partition coefficient (Wildman–Crippen LogP) is 2.66. The van der Waals surface area contributed by atoms with E-state index in [9.17, 15) is 9.59 Å². The number of aryl methyl sites for hydroxylation is 1. The zero-order valence-corrected chi connectivity index (χ0v) is 15.2. The van der Waals surface area contributed by atoms with E-state index in [0.29, 0.717) is 28.8 Å². The van der Waals surface area contributed by atoms with Gasteiger partial charge in [-0.05, 0) is 36.4 Å². The lowest BCUT2D eigenvalue weighted by Gasteiger charge is -2.14. The maximum Gasteiger partial charge on any atom is 0.261 e. The molecule has 1 heterocycles. The van der Waals surface area contributed by atoms with Gasteiger partial charge >= 0.3 is 0 Å².